The predicted octanol–water partition coefficient (Wildman–Crippen LogP) is 2.73. The van der Waals surface area contributed by atoms with Crippen LogP contribution in [0.3, 0.4) is 0 Å². The number of para-hydroxylation sites is 1. The Kier molecular flexibility index (Phi) is 5.22. The maximum Gasteiger partial charge on any atom is 0.257 e. The molecule has 1 atom stereocenters. The first kappa shape index (κ1) is 19.0. The molecule has 0 spiro atoms. The maximum absolute atomic E-state index is 13.3. The third-order valence-corrected chi connectivity index (χ3v) is 5.14. The first-order valence-corrected chi connectivity index (χ1v) is 9.53. The molecule has 1 aliphatic rings. The lowest BCUT2D eigenvalue weighted by Crippen LogP contribution is -2.32. The van der Waals surface area contributed by atoms with Gasteiger partial charge in [0.25, 0.3) is 5.91 Å². The SMILES string of the molecule is COc1ccc(-c2nn(-c3ccccc3)cc2C(=O)N2CC[C@@H](N)C2)c(OC)c1. The smallest absolute Gasteiger partial charge is 0.257 e. The van der Waals surface area contributed by atoms with E-state index in [-0.39, 0.29) is 11.9 Å². The van der Waals surface area contributed by atoms with Crippen LogP contribution in [0, 0.1) is 0 Å². The summed E-state index contributed by atoms with van der Waals surface area (Å²) >= 11 is 0. The lowest BCUT2D eigenvalue weighted by atomic mass is 10.1. The fourth-order valence-corrected chi connectivity index (χ4v) is 3.58. The van der Waals surface area contributed by atoms with Gasteiger partial charge in [0, 0.05) is 37.0 Å². The van der Waals surface area contributed by atoms with Gasteiger partial charge in [0.15, 0.2) is 0 Å². The van der Waals surface area contributed by atoms with Crippen LogP contribution in [0.4, 0.5) is 0 Å². The van der Waals surface area contributed by atoms with Crippen molar-refractivity contribution in [3.8, 4) is 28.4 Å². The number of methoxy groups -OCH3 is 2. The molecule has 3 aromatic rings. The Morgan fingerprint density at radius 3 is 2.59 bits per heavy atom. The van der Waals surface area contributed by atoms with Crippen LogP contribution in [0.15, 0.2) is 54.7 Å². The fraction of sp³-hybridized carbons (Fsp3) is 0.273. The fourth-order valence-electron chi connectivity index (χ4n) is 3.58. The van der Waals surface area contributed by atoms with Crippen molar-refractivity contribution in [2.75, 3.05) is 27.3 Å². The summed E-state index contributed by atoms with van der Waals surface area (Å²) in [5.74, 6) is 1.19. The van der Waals surface area contributed by atoms with Crippen molar-refractivity contribution in [1.82, 2.24) is 14.7 Å². The summed E-state index contributed by atoms with van der Waals surface area (Å²) in [7, 11) is 3.19. The Morgan fingerprint density at radius 1 is 1.14 bits per heavy atom. The highest BCUT2D eigenvalue weighted by Gasteiger charge is 2.29. The molecule has 4 rings (SSSR count). The number of carbonyl (C=O) groups is 1. The predicted molar refractivity (Wildman–Crippen MR) is 111 cm³/mol. The molecule has 1 aliphatic heterocycles. The number of likely N-dealkylation sites (tertiary alicyclic amines) is 1. The standard InChI is InChI=1S/C22H24N4O3/c1-28-17-8-9-18(20(12-17)29-2)21-19(22(27)25-11-10-15(23)13-25)14-26(24-21)16-6-4-3-5-7-16/h3-9,12,14-15H,10-11,13,23H2,1-2H3/t15-/m1/s1. The van der Waals surface area contributed by atoms with Crippen molar-refractivity contribution in [2.24, 2.45) is 5.73 Å². The normalized spacial score (nSPS) is 16.1. The molecular formula is C22H24N4O3. The van der Waals surface area contributed by atoms with Gasteiger partial charge in [0.05, 0.1) is 25.5 Å². The molecule has 7 nitrogen and oxygen atoms in total. The Hall–Kier alpha value is -3.32. The monoisotopic (exact) mass is 392 g/mol. The van der Waals surface area contributed by atoms with Crippen LogP contribution in [-0.2, 0) is 0 Å². The molecule has 150 valence electrons. The van der Waals surface area contributed by atoms with E-state index < -0.39 is 0 Å². The van der Waals surface area contributed by atoms with E-state index in [2.05, 4.69) is 0 Å². The van der Waals surface area contributed by atoms with Crippen LogP contribution in [-0.4, -0.2) is 53.9 Å². The van der Waals surface area contributed by atoms with Gasteiger partial charge in [-0.05, 0) is 30.7 Å². The number of nitrogens with two attached hydrogens (primary N) is 1. The number of amides is 1. The second-order valence-electron chi connectivity index (χ2n) is 7.04. The molecule has 0 bridgehead atoms. The van der Waals surface area contributed by atoms with E-state index in [0.717, 1.165) is 17.7 Å². The van der Waals surface area contributed by atoms with Crippen molar-refractivity contribution in [3.05, 3.63) is 60.3 Å². The molecule has 2 aromatic carbocycles. The quantitative estimate of drug-likeness (QED) is 0.722. The summed E-state index contributed by atoms with van der Waals surface area (Å²) in [6, 6.07) is 15.2. The number of hydrogen-bond donors (Lipinski definition) is 1. The molecule has 7 heteroatoms. The highest BCUT2D eigenvalue weighted by molar-refractivity contribution is 6.00. The van der Waals surface area contributed by atoms with Crippen molar-refractivity contribution in [2.45, 2.75) is 12.5 Å². The van der Waals surface area contributed by atoms with Gasteiger partial charge in [0.1, 0.15) is 17.2 Å². The number of hydrogen-bond acceptors (Lipinski definition) is 5. The van der Waals surface area contributed by atoms with E-state index in [9.17, 15) is 4.79 Å². The van der Waals surface area contributed by atoms with Crippen molar-refractivity contribution in [3.63, 3.8) is 0 Å². The molecule has 0 saturated carbocycles. The van der Waals surface area contributed by atoms with E-state index in [1.54, 1.807) is 36.1 Å². The van der Waals surface area contributed by atoms with Gasteiger partial charge in [-0.15, -0.1) is 0 Å². The summed E-state index contributed by atoms with van der Waals surface area (Å²) in [6.45, 7) is 1.20. The summed E-state index contributed by atoms with van der Waals surface area (Å²) in [6.07, 6.45) is 2.58. The minimum absolute atomic E-state index is 0.0158. The average molecular weight is 392 g/mol. The minimum atomic E-state index is -0.0759. The second-order valence-corrected chi connectivity index (χ2v) is 7.04. The van der Waals surface area contributed by atoms with E-state index in [1.165, 1.54) is 0 Å². The van der Waals surface area contributed by atoms with Crippen LogP contribution in [0.25, 0.3) is 16.9 Å². The molecule has 1 aromatic heterocycles. The zero-order chi connectivity index (χ0) is 20.4. The molecule has 0 radical (unpaired) electrons. The van der Waals surface area contributed by atoms with Gasteiger partial charge < -0.3 is 20.1 Å². The van der Waals surface area contributed by atoms with Gasteiger partial charge >= 0.3 is 0 Å². The summed E-state index contributed by atoms with van der Waals surface area (Å²) in [5.41, 5.74) is 8.71. The number of nitrogens with zero attached hydrogens (tertiary/aromatic N) is 3. The molecule has 29 heavy (non-hydrogen) atoms. The lowest BCUT2D eigenvalue weighted by molar-refractivity contribution is 0.0791. The average Bonchev–Trinajstić information content (AvgIpc) is 3.40. The Bertz CT molecular complexity index is 1020. The van der Waals surface area contributed by atoms with Crippen LogP contribution < -0.4 is 15.2 Å². The van der Waals surface area contributed by atoms with Gasteiger partial charge in [-0.3, -0.25) is 4.79 Å². The highest BCUT2D eigenvalue weighted by atomic mass is 16.5. The van der Waals surface area contributed by atoms with E-state index in [4.69, 9.17) is 20.3 Å². The molecule has 0 aliphatic carbocycles. The maximum atomic E-state index is 13.3. The van der Waals surface area contributed by atoms with Crippen molar-refractivity contribution < 1.29 is 14.3 Å². The topological polar surface area (TPSA) is 82.6 Å². The van der Waals surface area contributed by atoms with E-state index >= 15 is 0 Å². The molecule has 2 N–H and O–H groups in total. The molecule has 0 unspecified atom stereocenters. The number of benzene rings is 2. The van der Waals surface area contributed by atoms with Crippen LogP contribution >= 0.6 is 0 Å². The first-order valence-electron chi connectivity index (χ1n) is 9.53. The zero-order valence-corrected chi connectivity index (χ0v) is 16.5. The summed E-state index contributed by atoms with van der Waals surface area (Å²) in [4.78, 5) is 15.1. The van der Waals surface area contributed by atoms with Gasteiger partial charge in [-0.2, -0.15) is 5.10 Å². The third kappa shape index (κ3) is 3.69. The largest absolute Gasteiger partial charge is 0.497 e. The Morgan fingerprint density at radius 2 is 1.93 bits per heavy atom. The lowest BCUT2D eigenvalue weighted by Gasteiger charge is -2.16. The number of carbonyl (C=O) groups excluding carboxylic acids is 1. The zero-order valence-electron chi connectivity index (χ0n) is 16.5. The number of ether oxygens (including phenoxy) is 2. The first-order chi connectivity index (χ1) is 14.1. The Labute approximate surface area is 169 Å². The summed E-state index contributed by atoms with van der Waals surface area (Å²) in [5, 5.41) is 4.74. The summed E-state index contributed by atoms with van der Waals surface area (Å²) < 4.78 is 12.6. The van der Waals surface area contributed by atoms with E-state index in [0.29, 0.717) is 35.8 Å². The molecule has 1 amide bonds. The van der Waals surface area contributed by atoms with Crippen molar-refractivity contribution in [1.29, 1.82) is 0 Å². The third-order valence-electron chi connectivity index (χ3n) is 5.14. The van der Waals surface area contributed by atoms with E-state index in [1.807, 2.05) is 42.5 Å². The highest BCUT2D eigenvalue weighted by Crippen LogP contribution is 2.35. The molecule has 1 fully saturated rings. The minimum Gasteiger partial charge on any atom is -0.497 e. The van der Waals surface area contributed by atoms with Crippen molar-refractivity contribution >= 4 is 5.91 Å². The second kappa shape index (κ2) is 7.97. The van der Waals surface area contributed by atoms with Crippen LogP contribution in [0.2, 0.25) is 0 Å². The Balaban J connectivity index is 1.83. The number of aromatic nitrogens is 2. The molecule has 2 heterocycles. The van der Waals surface area contributed by atoms with Gasteiger partial charge in [-0.25, -0.2) is 4.68 Å². The van der Waals surface area contributed by atoms with Gasteiger partial charge in [0.2, 0.25) is 0 Å². The number of rotatable bonds is 5. The van der Waals surface area contributed by atoms with Crippen LogP contribution in [0.1, 0.15) is 16.8 Å². The molecule has 1 saturated heterocycles. The van der Waals surface area contributed by atoms with Crippen LogP contribution in [0.5, 0.6) is 11.5 Å². The van der Waals surface area contributed by atoms with Gasteiger partial charge in [-0.1, -0.05) is 18.2 Å². The molecular weight excluding hydrogens is 368 g/mol.